The smallest absolute Gasteiger partial charge is 0.335 e. The first-order chi connectivity index (χ1) is 11.4. The van der Waals surface area contributed by atoms with E-state index in [4.69, 9.17) is 5.11 Å². The van der Waals surface area contributed by atoms with E-state index in [0.717, 1.165) is 0 Å². The molecule has 0 heterocycles. The quantitative estimate of drug-likeness (QED) is 0.499. The standard InChI is InChI=1S/C18H20O6/c19-14(15(20)16(21)17(22)18(23)24)13(11-7-3-1-4-8-11)12-9-5-2-6-10-12/h1-10,13-17,19-22H,(H,23,24)/t14-,15-,16+,17+/m1/s1. The van der Waals surface area contributed by atoms with E-state index >= 15 is 0 Å². The normalized spacial score (nSPS) is 16.4. The van der Waals surface area contributed by atoms with Crippen molar-refractivity contribution in [1.29, 1.82) is 0 Å². The zero-order chi connectivity index (χ0) is 17.7. The summed E-state index contributed by atoms with van der Waals surface area (Å²) in [4.78, 5) is 10.8. The first kappa shape index (κ1) is 18.1. The van der Waals surface area contributed by atoms with Gasteiger partial charge in [0, 0.05) is 5.92 Å². The third kappa shape index (κ3) is 3.98. The van der Waals surface area contributed by atoms with E-state index in [2.05, 4.69) is 0 Å². The van der Waals surface area contributed by atoms with Crippen molar-refractivity contribution in [2.24, 2.45) is 0 Å². The highest BCUT2D eigenvalue weighted by Gasteiger charge is 2.38. The Labute approximate surface area is 139 Å². The highest BCUT2D eigenvalue weighted by molar-refractivity contribution is 5.72. The Bertz CT molecular complexity index is 606. The van der Waals surface area contributed by atoms with E-state index in [-0.39, 0.29) is 0 Å². The molecule has 5 N–H and O–H groups in total. The molecular weight excluding hydrogens is 312 g/mol. The van der Waals surface area contributed by atoms with Crippen LogP contribution in [0.3, 0.4) is 0 Å². The number of aliphatic hydroxyl groups is 4. The fourth-order valence-electron chi connectivity index (χ4n) is 2.64. The zero-order valence-corrected chi connectivity index (χ0v) is 12.8. The summed E-state index contributed by atoms with van der Waals surface area (Å²) in [5.41, 5.74) is 1.37. The van der Waals surface area contributed by atoms with Crippen LogP contribution in [0.2, 0.25) is 0 Å². The Hall–Kier alpha value is -2.25. The third-order valence-electron chi connectivity index (χ3n) is 3.94. The van der Waals surface area contributed by atoms with Crippen molar-refractivity contribution < 1.29 is 30.3 Å². The van der Waals surface area contributed by atoms with Crippen LogP contribution >= 0.6 is 0 Å². The molecule has 0 aromatic heterocycles. The Balaban J connectivity index is 2.35. The monoisotopic (exact) mass is 332 g/mol. The molecule has 2 rings (SSSR count). The summed E-state index contributed by atoms with van der Waals surface area (Å²) in [6, 6.07) is 17.7. The fraction of sp³-hybridized carbons (Fsp3) is 0.278. The molecule has 2 aromatic rings. The van der Waals surface area contributed by atoms with Crippen molar-refractivity contribution in [1.82, 2.24) is 0 Å². The molecule has 4 atom stereocenters. The molecular formula is C18H20O6. The molecule has 128 valence electrons. The van der Waals surface area contributed by atoms with Gasteiger partial charge in [0.15, 0.2) is 6.10 Å². The number of carbonyl (C=O) groups is 1. The van der Waals surface area contributed by atoms with Gasteiger partial charge in [-0.3, -0.25) is 0 Å². The number of carboxylic acid groups (broad SMARTS) is 1. The van der Waals surface area contributed by atoms with Gasteiger partial charge in [-0.25, -0.2) is 4.79 Å². The van der Waals surface area contributed by atoms with Crippen molar-refractivity contribution in [3.63, 3.8) is 0 Å². The van der Waals surface area contributed by atoms with Gasteiger partial charge >= 0.3 is 5.97 Å². The summed E-state index contributed by atoms with van der Waals surface area (Å²) in [5, 5.41) is 48.7. The molecule has 24 heavy (non-hydrogen) atoms. The van der Waals surface area contributed by atoms with Gasteiger partial charge in [0.1, 0.15) is 12.2 Å². The first-order valence-corrected chi connectivity index (χ1v) is 7.48. The molecule has 0 unspecified atom stereocenters. The number of aliphatic carboxylic acids is 1. The Morgan fingerprint density at radius 2 is 1.08 bits per heavy atom. The molecule has 0 aliphatic rings. The molecule has 0 saturated heterocycles. The van der Waals surface area contributed by atoms with E-state index in [1.807, 2.05) is 0 Å². The van der Waals surface area contributed by atoms with Gasteiger partial charge in [-0.1, -0.05) is 60.7 Å². The summed E-state index contributed by atoms with van der Waals surface area (Å²) in [7, 11) is 0. The lowest BCUT2D eigenvalue weighted by molar-refractivity contribution is -0.163. The van der Waals surface area contributed by atoms with Gasteiger partial charge in [0.2, 0.25) is 0 Å². The Morgan fingerprint density at radius 3 is 1.46 bits per heavy atom. The van der Waals surface area contributed by atoms with Crippen LogP contribution in [0.1, 0.15) is 17.0 Å². The van der Waals surface area contributed by atoms with Crippen LogP contribution in [0.4, 0.5) is 0 Å². The summed E-state index contributed by atoms with van der Waals surface area (Å²) in [5.74, 6) is -2.37. The van der Waals surface area contributed by atoms with Crippen LogP contribution in [0.15, 0.2) is 60.7 Å². The van der Waals surface area contributed by atoms with E-state index in [9.17, 15) is 25.2 Å². The summed E-state index contributed by atoms with van der Waals surface area (Å²) < 4.78 is 0. The van der Waals surface area contributed by atoms with E-state index in [0.29, 0.717) is 11.1 Å². The van der Waals surface area contributed by atoms with Crippen LogP contribution in [-0.4, -0.2) is 55.9 Å². The van der Waals surface area contributed by atoms with E-state index in [1.54, 1.807) is 60.7 Å². The van der Waals surface area contributed by atoms with Crippen LogP contribution in [0.25, 0.3) is 0 Å². The van der Waals surface area contributed by atoms with Gasteiger partial charge in [-0.05, 0) is 11.1 Å². The molecule has 2 aromatic carbocycles. The maximum absolute atomic E-state index is 10.8. The lowest BCUT2D eigenvalue weighted by atomic mass is 9.82. The molecule has 6 heteroatoms. The fourth-order valence-corrected chi connectivity index (χ4v) is 2.64. The van der Waals surface area contributed by atoms with E-state index < -0.39 is 36.3 Å². The van der Waals surface area contributed by atoms with Crippen LogP contribution in [0, 0.1) is 0 Å². The number of hydrogen-bond donors (Lipinski definition) is 5. The molecule has 0 aliphatic carbocycles. The first-order valence-electron chi connectivity index (χ1n) is 7.48. The molecule has 0 bridgehead atoms. The number of rotatable bonds is 7. The number of aliphatic hydroxyl groups excluding tert-OH is 4. The maximum Gasteiger partial charge on any atom is 0.335 e. The topological polar surface area (TPSA) is 118 Å². The maximum atomic E-state index is 10.8. The van der Waals surface area contributed by atoms with Crippen molar-refractivity contribution in [3.8, 4) is 0 Å². The van der Waals surface area contributed by atoms with Gasteiger partial charge in [-0.2, -0.15) is 0 Å². The second kappa shape index (κ2) is 8.03. The largest absolute Gasteiger partial charge is 0.479 e. The minimum Gasteiger partial charge on any atom is -0.479 e. The molecule has 0 fully saturated rings. The lowest BCUT2D eigenvalue weighted by Crippen LogP contribution is -2.49. The second-order valence-corrected chi connectivity index (χ2v) is 5.55. The van der Waals surface area contributed by atoms with Gasteiger partial charge in [0.25, 0.3) is 0 Å². The SMILES string of the molecule is O=C(O)[C@@H](O)[C@@H](O)[C@H](O)[C@H](O)C(c1ccccc1)c1ccccc1. The Kier molecular flexibility index (Phi) is 6.05. The molecule has 0 saturated carbocycles. The highest BCUT2D eigenvalue weighted by Crippen LogP contribution is 2.30. The summed E-state index contributed by atoms with van der Waals surface area (Å²) in [6.07, 6.45) is -7.57. The average Bonchev–Trinajstić information content (AvgIpc) is 2.61. The lowest BCUT2D eigenvalue weighted by Gasteiger charge is -2.31. The third-order valence-corrected chi connectivity index (χ3v) is 3.94. The molecule has 6 nitrogen and oxygen atoms in total. The zero-order valence-electron chi connectivity index (χ0n) is 12.8. The summed E-state index contributed by atoms with van der Waals surface area (Å²) >= 11 is 0. The second-order valence-electron chi connectivity index (χ2n) is 5.55. The number of carboxylic acids is 1. The minimum atomic E-state index is -2.19. The van der Waals surface area contributed by atoms with Gasteiger partial charge < -0.3 is 25.5 Å². The van der Waals surface area contributed by atoms with Crippen molar-refractivity contribution >= 4 is 5.97 Å². The van der Waals surface area contributed by atoms with Crippen molar-refractivity contribution in [2.45, 2.75) is 30.3 Å². The number of hydrogen-bond acceptors (Lipinski definition) is 5. The van der Waals surface area contributed by atoms with E-state index in [1.165, 1.54) is 0 Å². The average molecular weight is 332 g/mol. The predicted molar refractivity (Wildman–Crippen MR) is 86.4 cm³/mol. The summed E-state index contributed by atoms with van der Waals surface area (Å²) in [6.45, 7) is 0. The van der Waals surface area contributed by atoms with Crippen LogP contribution < -0.4 is 0 Å². The molecule has 0 radical (unpaired) electrons. The molecule has 0 amide bonds. The van der Waals surface area contributed by atoms with Crippen LogP contribution in [0.5, 0.6) is 0 Å². The minimum absolute atomic E-state index is 0.687. The Morgan fingerprint density at radius 1 is 0.667 bits per heavy atom. The van der Waals surface area contributed by atoms with Crippen molar-refractivity contribution in [2.75, 3.05) is 0 Å². The number of benzene rings is 2. The van der Waals surface area contributed by atoms with Crippen LogP contribution in [-0.2, 0) is 4.79 Å². The molecule has 0 aliphatic heterocycles. The van der Waals surface area contributed by atoms with Crippen molar-refractivity contribution in [3.05, 3.63) is 71.8 Å². The highest BCUT2D eigenvalue weighted by atomic mass is 16.4. The molecule has 0 spiro atoms. The van der Waals surface area contributed by atoms with Gasteiger partial charge in [0.05, 0.1) is 6.10 Å². The van der Waals surface area contributed by atoms with Gasteiger partial charge in [-0.15, -0.1) is 0 Å². The predicted octanol–water partition coefficient (Wildman–Crippen LogP) is 0.347.